The molecule has 1 unspecified atom stereocenters. The molecule has 7 rings (SSSR count). The molecular weight excluding hydrogens is 526 g/mol. The van der Waals surface area contributed by atoms with Crippen LogP contribution in [0.1, 0.15) is 23.2 Å². The van der Waals surface area contributed by atoms with Crippen LogP contribution in [0, 0.1) is 17.0 Å². The van der Waals surface area contributed by atoms with Crippen molar-refractivity contribution in [1.29, 1.82) is 0 Å². The molecular formula is C32H30F2N4OS. The van der Waals surface area contributed by atoms with Crippen molar-refractivity contribution < 1.29 is 13.5 Å². The Morgan fingerprint density at radius 3 is 2.55 bits per heavy atom. The number of rotatable bonds is 5. The minimum absolute atomic E-state index is 0.141. The molecule has 1 fully saturated rings. The average molecular weight is 557 g/mol. The predicted octanol–water partition coefficient (Wildman–Crippen LogP) is 6.56. The van der Waals surface area contributed by atoms with Crippen LogP contribution in [0.25, 0.3) is 11.8 Å². The zero-order valence-corrected chi connectivity index (χ0v) is 23.1. The Labute approximate surface area is 237 Å². The van der Waals surface area contributed by atoms with E-state index in [-0.39, 0.29) is 17.0 Å². The fourth-order valence-corrected chi connectivity index (χ4v) is 7.35. The normalized spacial score (nSPS) is 20.3. The van der Waals surface area contributed by atoms with E-state index in [1.165, 1.54) is 28.2 Å². The summed E-state index contributed by atoms with van der Waals surface area (Å²) in [6, 6.07) is 19.9. The van der Waals surface area contributed by atoms with E-state index < -0.39 is 0 Å². The maximum absolute atomic E-state index is 13.8. The van der Waals surface area contributed by atoms with Gasteiger partial charge in [0.25, 0.3) is 0 Å². The standard InChI is InChI=1S/C32H30F2N4OS/c1-36-14-15-39-31-17-28(10-11-29(31)36)40-37-13-12-24-16-30-23(20-35-38(30)27-8-6-26(34)7-9-27)19-32(24,21-37)18-22-2-4-25(33)5-3-22/h2-11,16-17,20H,12-15,18-19,21H2,1H3. The second kappa shape index (κ2) is 10.1. The van der Waals surface area contributed by atoms with Gasteiger partial charge in [-0.05, 0) is 103 Å². The molecule has 1 aliphatic carbocycles. The number of fused-ring (bicyclic) bond motifs is 3. The molecule has 204 valence electrons. The first-order chi connectivity index (χ1) is 19.5. The Hall–Kier alpha value is -3.62. The maximum atomic E-state index is 13.8. The summed E-state index contributed by atoms with van der Waals surface area (Å²) in [4.78, 5) is 3.40. The summed E-state index contributed by atoms with van der Waals surface area (Å²) in [7, 11) is 2.10. The molecule has 40 heavy (non-hydrogen) atoms. The van der Waals surface area contributed by atoms with Crippen molar-refractivity contribution in [1.82, 2.24) is 14.1 Å². The third-order valence-electron chi connectivity index (χ3n) is 8.31. The molecule has 0 N–H and O–H groups in total. The predicted molar refractivity (Wildman–Crippen MR) is 155 cm³/mol. The van der Waals surface area contributed by atoms with Gasteiger partial charge in [-0.15, -0.1) is 0 Å². The molecule has 0 amide bonds. The van der Waals surface area contributed by atoms with Gasteiger partial charge in [-0.2, -0.15) is 5.10 Å². The lowest BCUT2D eigenvalue weighted by atomic mass is 9.66. The summed E-state index contributed by atoms with van der Waals surface area (Å²) in [6.07, 6.45) is 6.81. The van der Waals surface area contributed by atoms with Gasteiger partial charge >= 0.3 is 0 Å². The number of halogens is 2. The molecule has 1 aromatic heterocycles. The highest BCUT2D eigenvalue weighted by atomic mass is 32.2. The number of piperidine rings is 1. The number of benzene rings is 3. The third kappa shape index (κ3) is 4.69. The monoisotopic (exact) mass is 556 g/mol. The Morgan fingerprint density at radius 2 is 1.75 bits per heavy atom. The summed E-state index contributed by atoms with van der Waals surface area (Å²) in [6.45, 7) is 3.37. The van der Waals surface area contributed by atoms with E-state index >= 15 is 0 Å². The molecule has 3 heterocycles. The van der Waals surface area contributed by atoms with Crippen LogP contribution in [0.15, 0.2) is 83.4 Å². The third-order valence-corrected chi connectivity index (χ3v) is 9.34. The van der Waals surface area contributed by atoms with Crippen LogP contribution in [0.3, 0.4) is 0 Å². The van der Waals surface area contributed by atoms with Gasteiger partial charge in [-0.3, -0.25) is 0 Å². The highest BCUT2D eigenvalue weighted by Gasteiger charge is 2.43. The van der Waals surface area contributed by atoms with Crippen molar-refractivity contribution in [2.75, 3.05) is 38.2 Å². The van der Waals surface area contributed by atoms with Crippen molar-refractivity contribution in [2.24, 2.45) is 5.41 Å². The summed E-state index contributed by atoms with van der Waals surface area (Å²) >= 11 is 1.78. The van der Waals surface area contributed by atoms with Crippen LogP contribution < -0.4 is 9.64 Å². The zero-order valence-electron chi connectivity index (χ0n) is 22.3. The largest absolute Gasteiger partial charge is 0.490 e. The van der Waals surface area contributed by atoms with Crippen molar-refractivity contribution in [3.8, 4) is 11.4 Å². The van der Waals surface area contributed by atoms with Gasteiger partial charge in [-0.1, -0.05) is 17.7 Å². The quantitative estimate of drug-likeness (QED) is 0.260. The molecule has 3 aromatic carbocycles. The molecule has 5 nitrogen and oxygen atoms in total. The SMILES string of the molecule is CN1CCOc2cc(SN3CCC4=Cc5c(cnn5-c5ccc(F)cc5)CC4(Cc4ccc(F)cc4)C3)ccc21. The van der Waals surface area contributed by atoms with Crippen LogP contribution in [-0.2, 0) is 12.8 Å². The molecule has 3 aliphatic rings. The van der Waals surface area contributed by atoms with Gasteiger partial charge < -0.3 is 9.64 Å². The number of nitrogens with zero attached hydrogens (tertiary/aromatic N) is 4. The Bertz CT molecular complexity index is 1580. The van der Waals surface area contributed by atoms with Crippen molar-refractivity contribution in [2.45, 2.75) is 24.2 Å². The minimum atomic E-state index is -0.260. The number of anilines is 1. The summed E-state index contributed by atoms with van der Waals surface area (Å²) in [5.74, 6) is 0.460. The van der Waals surface area contributed by atoms with E-state index in [2.05, 4.69) is 40.5 Å². The summed E-state index contributed by atoms with van der Waals surface area (Å²) in [5, 5.41) is 4.70. The Kier molecular flexibility index (Phi) is 6.40. The topological polar surface area (TPSA) is 33.5 Å². The van der Waals surface area contributed by atoms with Crippen LogP contribution in [-0.4, -0.2) is 47.4 Å². The van der Waals surface area contributed by atoms with Gasteiger partial charge in [0, 0.05) is 30.4 Å². The van der Waals surface area contributed by atoms with E-state index in [4.69, 9.17) is 9.84 Å². The van der Waals surface area contributed by atoms with Crippen LogP contribution >= 0.6 is 11.9 Å². The summed E-state index contributed by atoms with van der Waals surface area (Å²) < 4.78 is 37.7. The van der Waals surface area contributed by atoms with Gasteiger partial charge in [0.1, 0.15) is 24.0 Å². The van der Waals surface area contributed by atoms with E-state index in [9.17, 15) is 8.78 Å². The smallest absolute Gasteiger partial charge is 0.143 e. The average Bonchev–Trinajstić information content (AvgIpc) is 3.35. The second-order valence-electron chi connectivity index (χ2n) is 11.0. The number of hydrogen-bond donors (Lipinski definition) is 0. The minimum Gasteiger partial charge on any atom is -0.490 e. The first-order valence-corrected chi connectivity index (χ1v) is 14.4. The molecule has 4 aromatic rings. The van der Waals surface area contributed by atoms with Crippen LogP contribution in [0.2, 0.25) is 0 Å². The number of hydrogen-bond acceptors (Lipinski definition) is 5. The van der Waals surface area contributed by atoms with E-state index in [0.29, 0.717) is 6.61 Å². The van der Waals surface area contributed by atoms with Crippen molar-refractivity contribution in [3.05, 3.63) is 107 Å². The first-order valence-electron chi connectivity index (χ1n) is 13.7. The lowest BCUT2D eigenvalue weighted by molar-refractivity contribution is 0.221. The number of ether oxygens (including phenoxy) is 1. The van der Waals surface area contributed by atoms with E-state index in [1.54, 1.807) is 36.2 Å². The molecule has 1 saturated heterocycles. The molecule has 8 heteroatoms. The molecule has 0 bridgehead atoms. The molecule has 2 aliphatic heterocycles. The van der Waals surface area contributed by atoms with Gasteiger partial charge in [0.05, 0.1) is 29.8 Å². The molecule has 0 spiro atoms. The highest BCUT2D eigenvalue weighted by Crippen LogP contribution is 2.48. The van der Waals surface area contributed by atoms with E-state index in [0.717, 1.165) is 67.3 Å². The highest BCUT2D eigenvalue weighted by molar-refractivity contribution is 7.97. The summed E-state index contributed by atoms with van der Waals surface area (Å²) in [5.41, 5.74) is 6.58. The zero-order chi connectivity index (χ0) is 27.3. The van der Waals surface area contributed by atoms with Gasteiger partial charge in [0.15, 0.2) is 0 Å². The molecule has 0 saturated carbocycles. The number of aromatic nitrogens is 2. The van der Waals surface area contributed by atoms with Crippen molar-refractivity contribution in [3.63, 3.8) is 0 Å². The van der Waals surface area contributed by atoms with Gasteiger partial charge in [-0.25, -0.2) is 17.8 Å². The van der Waals surface area contributed by atoms with Crippen molar-refractivity contribution >= 4 is 23.7 Å². The second-order valence-corrected chi connectivity index (χ2v) is 12.1. The Morgan fingerprint density at radius 1 is 0.975 bits per heavy atom. The maximum Gasteiger partial charge on any atom is 0.143 e. The lowest BCUT2D eigenvalue weighted by Gasteiger charge is -2.46. The fraction of sp³-hybridized carbons (Fsp3) is 0.281. The molecule has 1 atom stereocenters. The van der Waals surface area contributed by atoms with Crippen LogP contribution in [0.4, 0.5) is 14.5 Å². The molecule has 0 radical (unpaired) electrons. The van der Waals surface area contributed by atoms with Gasteiger partial charge in [0.2, 0.25) is 0 Å². The fourth-order valence-electron chi connectivity index (χ4n) is 6.27. The Balaban J connectivity index is 1.21. The number of likely N-dealkylation sites (N-methyl/N-ethyl adjacent to an activating group) is 1. The van der Waals surface area contributed by atoms with Crippen LogP contribution in [0.5, 0.6) is 5.75 Å². The van der Waals surface area contributed by atoms with E-state index in [1.807, 2.05) is 23.0 Å². The first kappa shape index (κ1) is 25.4. The lowest BCUT2D eigenvalue weighted by Crippen LogP contribution is -2.46.